The number of unbranched alkanes of at least 4 members (excludes halogenated alkanes) is 3. The van der Waals surface area contributed by atoms with Crippen molar-refractivity contribution in [3.8, 4) is 0 Å². The van der Waals surface area contributed by atoms with Gasteiger partial charge in [-0.1, -0.05) is 6.42 Å². The summed E-state index contributed by atoms with van der Waals surface area (Å²) in [6.45, 7) is 23.9. The van der Waals surface area contributed by atoms with Crippen LogP contribution in [-0.4, -0.2) is 72.4 Å². The first-order valence-corrected chi connectivity index (χ1v) is 23.8. The van der Waals surface area contributed by atoms with E-state index in [0.717, 1.165) is 19.0 Å². The predicted octanol–water partition coefficient (Wildman–Crippen LogP) is 1.56. The molecule has 0 bridgehead atoms. The molecular weight excluding hydrogens is 464 g/mol. The van der Waals surface area contributed by atoms with E-state index in [0.29, 0.717) is 0 Å². The second kappa shape index (κ2) is 15.0. The van der Waals surface area contributed by atoms with Crippen LogP contribution in [0.3, 0.4) is 0 Å². The number of hydrogen-bond donors (Lipinski definition) is 1. The molecular formula is C20H53ClN2O3Si4. The normalized spacial score (nSPS) is 13.6. The SMILES string of the molecule is CN(C)CCCCCC[NH2+]CCC[Si](O[Si](C)(C)C)(O[Si](C)(C)C)O[Si](C)(C)C.[Cl-]. The number of nitrogens with two attached hydrogens (primary N) is 1. The van der Waals surface area contributed by atoms with Gasteiger partial charge in [0, 0.05) is 12.5 Å². The number of quaternary nitrogens is 1. The summed E-state index contributed by atoms with van der Waals surface area (Å²) >= 11 is 0. The first-order chi connectivity index (χ1) is 13.0. The Morgan fingerprint density at radius 1 is 0.600 bits per heavy atom. The zero-order valence-corrected chi connectivity index (χ0v) is 26.7. The molecule has 0 unspecified atom stereocenters. The van der Waals surface area contributed by atoms with Crippen LogP contribution in [-0.2, 0) is 12.3 Å². The van der Waals surface area contributed by atoms with Crippen LogP contribution in [0.15, 0.2) is 0 Å². The lowest BCUT2D eigenvalue weighted by Crippen LogP contribution is -3.00. The first-order valence-electron chi connectivity index (χ1n) is 11.6. The quantitative estimate of drug-likeness (QED) is 0.235. The fraction of sp³-hybridized carbons (Fsp3) is 1.00. The lowest BCUT2D eigenvalue weighted by molar-refractivity contribution is -0.655. The molecule has 0 saturated carbocycles. The lowest BCUT2D eigenvalue weighted by atomic mass is 10.2. The van der Waals surface area contributed by atoms with Crippen molar-refractivity contribution in [2.24, 2.45) is 0 Å². The fourth-order valence-corrected chi connectivity index (χ4v) is 18.0. The van der Waals surface area contributed by atoms with Crippen LogP contribution in [0.25, 0.3) is 0 Å². The van der Waals surface area contributed by atoms with E-state index in [9.17, 15) is 0 Å². The van der Waals surface area contributed by atoms with Crippen LogP contribution in [0.5, 0.6) is 0 Å². The van der Waals surface area contributed by atoms with Gasteiger partial charge in [-0.15, -0.1) is 0 Å². The Hall–Kier alpha value is 0.958. The summed E-state index contributed by atoms with van der Waals surface area (Å²) in [5.41, 5.74) is 0. The monoisotopic (exact) mass is 516 g/mol. The maximum Gasteiger partial charge on any atom is 0.469 e. The van der Waals surface area contributed by atoms with Crippen LogP contribution >= 0.6 is 0 Å². The van der Waals surface area contributed by atoms with Gasteiger partial charge in [0.15, 0.2) is 25.0 Å². The molecule has 0 radical (unpaired) electrons. The van der Waals surface area contributed by atoms with Crippen LogP contribution in [0.4, 0.5) is 0 Å². The summed E-state index contributed by atoms with van der Waals surface area (Å²) in [4.78, 5) is 2.27. The average Bonchev–Trinajstić information content (AvgIpc) is 2.43. The van der Waals surface area contributed by atoms with Crippen molar-refractivity contribution in [1.29, 1.82) is 0 Å². The smallest absolute Gasteiger partial charge is 0.469 e. The highest BCUT2D eigenvalue weighted by molar-refractivity contribution is 6.90. The van der Waals surface area contributed by atoms with E-state index in [1.165, 1.54) is 38.8 Å². The third kappa shape index (κ3) is 20.8. The molecule has 0 spiro atoms. The maximum absolute atomic E-state index is 6.75. The van der Waals surface area contributed by atoms with Crippen molar-refractivity contribution in [1.82, 2.24) is 4.90 Å². The number of rotatable bonds is 17. The average molecular weight is 517 g/mol. The summed E-state index contributed by atoms with van der Waals surface area (Å²) in [6, 6.07) is 0.963. The van der Waals surface area contributed by atoms with Crippen molar-refractivity contribution in [3.05, 3.63) is 0 Å². The molecule has 2 N–H and O–H groups in total. The van der Waals surface area contributed by atoms with E-state index < -0.39 is 33.8 Å². The van der Waals surface area contributed by atoms with E-state index >= 15 is 0 Å². The number of nitrogens with zero attached hydrogens (tertiary/aromatic N) is 1. The highest BCUT2D eigenvalue weighted by Gasteiger charge is 2.49. The third-order valence-corrected chi connectivity index (χ3v) is 16.1. The third-order valence-electron chi connectivity index (χ3n) is 4.04. The molecule has 0 rings (SSSR count). The summed E-state index contributed by atoms with van der Waals surface area (Å²) in [6.07, 6.45) is 6.45. The van der Waals surface area contributed by atoms with Gasteiger partial charge in [-0.25, -0.2) is 0 Å². The van der Waals surface area contributed by atoms with Crippen molar-refractivity contribution >= 4 is 33.8 Å². The van der Waals surface area contributed by atoms with E-state index in [4.69, 9.17) is 12.3 Å². The van der Waals surface area contributed by atoms with Gasteiger partial charge >= 0.3 is 8.80 Å². The molecule has 0 aromatic rings. The molecule has 0 aliphatic heterocycles. The van der Waals surface area contributed by atoms with Gasteiger partial charge in [-0.05, 0) is 98.8 Å². The Morgan fingerprint density at radius 2 is 1.00 bits per heavy atom. The molecule has 30 heavy (non-hydrogen) atoms. The van der Waals surface area contributed by atoms with Gasteiger partial charge in [0.05, 0.1) is 13.1 Å². The first kappa shape index (κ1) is 33.1. The summed E-state index contributed by atoms with van der Waals surface area (Å²) in [5.74, 6) is 0. The molecule has 10 heteroatoms. The number of hydrogen-bond acceptors (Lipinski definition) is 4. The van der Waals surface area contributed by atoms with E-state index in [2.05, 4.69) is 83.2 Å². The minimum Gasteiger partial charge on any atom is -1.00 e. The van der Waals surface area contributed by atoms with Crippen LogP contribution < -0.4 is 17.7 Å². The van der Waals surface area contributed by atoms with Gasteiger partial charge in [-0.2, -0.15) is 0 Å². The van der Waals surface area contributed by atoms with E-state index in [-0.39, 0.29) is 12.4 Å². The van der Waals surface area contributed by atoms with E-state index in [1.54, 1.807) is 0 Å². The van der Waals surface area contributed by atoms with Crippen molar-refractivity contribution < 1.29 is 30.1 Å². The Kier molecular flexibility index (Phi) is 16.5. The lowest BCUT2D eigenvalue weighted by Gasteiger charge is -2.42. The zero-order valence-electron chi connectivity index (χ0n) is 22.0. The predicted molar refractivity (Wildman–Crippen MR) is 137 cm³/mol. The minimum atomic E-state index is -2.64. The highest BCUT2D eigenvalue weighted by Crippen LogP contribution is 2.29. The van der Waals surface area contributed by atoms with Gasteiger partial charge in [-0.3, -0.25) is 0 Å². The molecule has 0 amide bonds. The second-order valence-corrected chi connectivity index (χ2v) is 28.5. The minimum absolute atomic E-state index is 0. The van der Waals surface area contributed by atoms with Crippen molar-refractivity contribution in [2.45, 2.75) is 97.1 Å². The van der Waals surface area contributed by atoms with Gasteiger partial charge in [0.2, 0.25) is 0 Å². The molecule has 0 aromatic heterocycles. The molecule has 0 heterocycles. The summed E-state index contributed by atoms with van der Waals surface area (Å²) in [7, 11) is -3.59. The Labute approximate surface area is 199 Å². The maximum atomic E-state index is 6.75. The van der Waals surface area contributed by atoms with Crippen molar-refractivity contribution in [3.63, 3.8) is 0 Å². The molecule has 0 aliphatic rings. The molecule has 0 fully saturated rings. The molecule has 0 atom stereocenters. The zero-order chi connectivity index (χ0) is 22.8. The molecule has 184 valence electrons. The molecule has 5 nitrogen and oxygen atoms in total. The topological polar surface area (TPSA) is 47.5 Å². The van der Waals surface area contributed by atoms with Gasteiger partial charge in [0.25, 0.3) is 0 Å². The Morgan fingerprint density at radius 3 is 1.40 bits per heavy atom. The van der Waals surface area contributed by atoms with Crippen molar-refractivity contribution in [2.75, 3.05) is 33.7 Å². The molecule has 0 aliphatic carbocycles. The molecule has 0 aromatic carbocycles. The highest BCUT2D eigenvalue weighted by atomic mass is 35.5. The van der Waals surface area contributed by atoms with Gasteiger partial charge < -0.3 is 35.0 Å². The largest absolute Gasteiger partial charge is 1.00 e. The Balaban J connectivity index is 0. The van der Waals surface area contributed by atoms with Crippen LogP contribution in [0.2, 0.25) is 65.0 Å². The van der Waals surface area contributed by atoms with Crippen LogP contribution in [0.1, 0.15) is 32.1 Å². The summed E-state index contributed by atoms with van der Waals surface area (Å²) < 4.78 is 20.3. The standard InChI is InChI=1S/C20H52N2O3Si4.ClH/c1-22(2)19-15-13-12-14-17-21-18-16-20-29(23-26(3,4)5,24-27(6,7)8)25-28(9,10)11;/h21H,12-20H2,1-11H3;1H. The summed E-state index contributed by atoms with van der Waals surface area (Å²) in [5, 5.41) is 2.47. The second-order valence-electron chi connectivity index (χ2n) is 11.5. The van der Waals surface area contributed by atoms with E-state index in [1.807, 2.05) is 0 Å². The molecule has 0 saturated heterocycles. The van der Waals surface area contributed by atoms with Crippen LogP contribution in [0, 0.1) is 0 Å². The number of halogens is 1. The fourth-order valence-electron chi connectivity index (χ4n) is 3.29. The Bertz CT molecular complexity index is 398. The van der Waals surface area contributed by atoms with Gasteiger partial charge in [0.1, 0.15) is 0 Å².